The zero-order valence-corrected chi connectivity index (χ0v) is 24.1. The number of furan rings is 1. The topological polar surface area (TPSA) is 16.4 Å². The summed E-state index contributed by atoms with van der Waals surface area (Å²) in [6, 6.07) is 62.1. The van der Waals surface area contributed by atoms with Crippen LogP contribution in [-0.4, -0.2) is 0 Å². The lowest BCUT2D eigenvalue weighted by molar-refractivity contribution is 0.669. The number of anilines is 3. The molecule has 0 amide bonds. The summed E-state index contributed by atoms with van der Waals surface area (Å²) in [6.45, 7) is 0. The van der Waals surface area contributed by atoms with Crippen molar-refractivity contribution in [1.82, 2.24) is 0 Å². The second kappa shape index (κ2) is 11.1. The molecule has 0 aliphatic rings. The molecule has 7 aromatic carbocycles. The Bertz CT molecular complexity index is 2220. The molecule has 0 atom stereocenters. The number of para-hydroxylation sites is 2. The molecule has 0 aliphatic heterocycles. The molecule has 1 heterocycles. The zero-order chi connectivity index (χ0) is 29.3. The summed E-state index contributed by atoms with van der Waals surface area (Å²) in [5.74, 6) is 0. The Hall–Kier alpha value is -5.86. The summed E-state index contributed by atoms with van der Waals surface area (Å²) in [6.07, 6.45) is 0. The SMILES string of the molecule is c1ccc(-c2cccc(-c3c(N(c4ccccc4)c4cccc(-c5ccccc5)c4)ccc4oc5ccccc5c34)c2)cc1. The Morgan fingerprint density at radius 2 is 0.909 bits per heavy atom. The Morgan fingerprint density at radius 3 is 1.64 bits per heavy atom. The van der Waals surface area contributed by atoms with Gasteiger partial charge in [-0.2, -0.15) is 0 Å². The van der Waals surface area contributed by atoms with E-state index in [-0.39, 0.29) is 0 Å². The third-order valence-electron chi connectivity index (χ3n) is 8.25. The molecule has 0 N–H and O–H groups in total. The van der Waals surface area contributed by atoms with Gasteiger partial charge in [-0.25, -0.2) is 0 Å². The molecule has 0 spiro atoms. The lowest BCUT2D eigenvalue weighted by Crippen LogP contribution is -2.11. The molecule has 0 bridgehead atoms. The fourth-order valence-corrected chi connectivity index (χ4v) is 6.23. The van der Waals surface area contributed by atoms with Gasteiger partial charge in [-0.05, 0) is 76.3 Å². The molecule has 208 valence electrons. The summed E-state index contributed by atoms with van der Waals surface area (Å²) in [7, 11) is 0. The van der Waals surface area contributed by atoms with Gasteiger partial charge in [-0.3, -0.25) is 0 Å². The number of hydrogen-bond donors (Lipinski definition) is 0. The van der Waals surface area contributed by atoms with Crippen molar-refractivity contribution in [3.8, 4) is 33.4 Å². The van der Waals surface area contributed by atoms with Gasteiger partial charge in [0.1, 0.15) is 11.2 Å². The standard InChI is InChI=1S/C42H29NO/c1-4-14-30(15-5-1)32-18-12-20-34(28-32)41-38(26-27-40-42(41)37-24-10-11-25-39(37)44-40)43(35-21-8-3-9-22-35)36-23-13-19-33(29-36)31-16-6-2-7-17-31/h1-29H. The fraction of sp³-hybridized carbons (Fsp3) is 0. The van der Waals surface area contributed by atoms with Crippen molar-refractivity contribution in [1.29, 1.82) is 0 Å². The van der Waals surface area contributed by atoms with Crippen LogP contribution in [0.5, 0.6) is 0 Å². The second-order valence-corrected chi connectivity index (χ2v) is 11.0. The van der Waals surface area contributed by atoms with Gasteiger partial charge >= 0.3 is 0 Å². The highest BCUT2D eigenvalue weighted by Crippen LogP contribution is 2.47. The van der Waals surface area contributed by atoms with E-state index in [4.69, 9.17) is 4.42 Å². The highest BCUT2D eigenvalue weighted by molar-refractivity contribution is 6.16. The van der Waals surface area contributed by atoms with Crippen molar-refractivity contribution >= 4 is 39.0 Å². The van der Waals surface area contributed by atoms with E-state index < -0.39 is 0 Å². The van der Waals surface area contributed by atoms with Gasteiger partial charge in [-0.15, -0.1) is 0 Å². The van der Waals surface area contributed by atoms with E-state index in [1.807, 2.05) is 6.07 Å². The predicted molar refractivity (Wildman–Crippen MR) is 185 cm³/mol. The van der Waals surface area contributed by atoms with Crippen LogP contribution in [0.15, 0.2) is 180 Å². The smallest absolute Gasteiger partial charge is 0.136 e. The van der Waals surface area contributed by atoms with Gasteiger partial charge < -0.3 is 9.32 Å². The minimum Gasteiger partial charge on any atom is -0.456 e. The molecule has 2 nitrogen and oxygen atoms in total. The minimum absolute atomic E-state index is 0.876. The highest BCUT2D eigenvalue weighted by Gasteiger charge is 2.23. The summed E-state index contributed by atoms with van der Waals surface area (Å²) < 4.78 is 6.43. The molecule has 1 aromatic heterocycles. The van der Waals surface area contributed by atoms with Crippen LogP contribution in [0.25, 0.3) is 55.3 Å². The average molecular weight is 564 g/mol. The molecule has 0 aliphatic carbocycles. The van der Waals surface area contributed by atoms with Crippen LogP contribution < -0.4 is 4.90 Å². The van der Waals surface area contributed by atoms with E-state index in [1.165, 1.54) is 22.3 Å². The van der Waals surface area contributed by atoms with Crippen molar-refractivity contribution in [3.63, 3.8) is 0 Å². The monoisotopic (exact) mass is 563 g/mol. The van der Waals surface area contributed by atoms with E-state index in [2.05, 4.69) is 175 Å². The average Bonchev–Trinajstić information content (AvgIpc) is 3.49. The first kappa shape index (κ1) is 25.8. The zero-order valence-electron chi connectivity index (χ0n) is 24.1. The molecule has 0 radical (unpaired) electrons. The van der Waals surface area contributed by atoms with Gasteiger partial charge in [0.2, 0.25) is 0 Å². The lowest BCUT2D eigenvalue weighted by Gasteiger charge is -2.29. The number of hydrogen-bond acceptors (Lipinski definition) is 2. The fourth-order valence-electron chi connectivity index (χ4n) is 6.23. The van der Waals surface area contributed by atoms with Gasteiger partial charge in [-0.1, -0.05) is 127 Å². The van der Waals surface area contributed by atoms with E-state index in [1.54, 1.807) is 0 Å². The molecule has 8 rings (SSSR count). The second-order valence-electron chi connectivity index (χ2n) is 11.0. The molecule has 0 unspecified atom stereocenters. The molecule has 0 fully saturated rings. The molecule has 2 heteroatoms. The number of fused-ring (bicyclic) bond motifs is 3. The van der Waals surface area contributed by atoms with Gasteiger partial charge in [0.25, 0.3) is 0 Å². The van der Waals surface area contributed by atoms with Crippen LogP contribution in [-0.2, 0) is 0 Å². The van der Waals surface area contributed by atoms with Crippen LogP contribution in [0, 0.1) is 0 Å². The van der Waals surface area contributed by atoms with Gasteiger partial charge in [0, 0.05) is 27.7 Å². The minimum atomic E-state index is 0.876. The summed E-state index contributed by atoms with van der Waals surface area (Å²) >= 11 is 0. The maximum absolute atomic E-state index is 6.43. The molecule has 8 aromatic rings. The van der Waals surface area contributed by atoms with E-state index >= 15 is 0 Å². The largest absolute Gasteiger partial charge is 0.456 e. The third kappa shape index (κ3) is 4.63. The maximum Gasteiger partial charge on any atom is 0.136 e. The summed E-state index contributed by atoms with van der Waals surface area (Å²) in [5.41, 5.74) is 12.0. The third-order valence-corrected chi connectivity index (χ3v) is 8.25. The van der Waals surface area contributed by atoms with Gasteiger partial charge in [0.05, 0.1) is 5.69 Å². The van der Waals surface area contributed by atoms with E-state index in [0.717, 1.165) is 50.1 Å². The first-order chi connectivity index (χ1) is 21.8. The van der Waals surface area contributed by atoms with Crippen molar-refractivity contribution in [2.75, 3.05) is 4.90 Å². The lowest BCUT2D eigenvalue weighted by atomic mass is 9.93. The van der Waals surface area contributed by atoms with Crippen LogP contribution in [0.3, 0.4) is 0 Å². The van der Waals surface area contributed by atoms with E-state index in [0.29, 0.717) is 0 Å². The first-order valence-electron chi connectivity index (χ1n) is 14.9. The molecule has 44 heavy (non-hydrogen) atoms. The molecular weight excluding hydrogens is 534 g/mol. The van der Waals surface area contributed by atoms with Crippen LogP contribution in [0.2, 0.25) is 0 Å². The van der Waals surface area contributed by atoms with Crippen molar-refractivity contribution in [3.05, 3.63) is 176 Å². The highest BCUT2D eigenvalue weighted by atomic mass is 16.3. The molecule has 0 saturated carbocycles. The summed E-state index contributed by atoms with van der Waals surface area (Å²) in [5, 5.41) is 2.22. The summed E-state index contributed by atoms with van der Waals surface area (Å²) in [4.78, 5) is 2.37. The number of rotatable bonds is 6. The van der Waals surface area contributed by atoms with Crippen molar-refractivity contribution in [2.45, 2.75) is 0 Å². The Balaban J connectivity index is 1.43. The first-order valence-corrected chi connectivity index (χ1v) is 14.9. The van der Waals surface area contributed by atoms with E-state index in [9.17, 15) is 0 Å². The number of benzene rings is 7. The van der Waals surface area contributed by atoms with Gasteiger partial charge in [0.15, 0.2) is 0 Å². The Kier molecular flexibility index (Phi) is 6.51. The molecular formula is C42H29NO. The van der Waals surface area contributed by atoms with Crippen LogP contribution in [0.4, 0.5) is 17.1 Å². The van der Waals surface area contributed by atoms with Crippen molar-refractivity contribution < 1.29 is 4.42 Å². The number of nitrogens with zero attached hydrogens (tertiary/aromatic N) is 1. The van der Waals surface area contributed by atoms with Crippen molar-refractivity contribution in [2.24, 2.45) is 0 Å². The van der Waals surface area contributed by atoms with Crippen LogP contribution in [0.1, 0.15) is 0 Å². The predicted octanol–water partition coefficient (Wildman–Crippen LogP) is 12.1. The van der Waals surface area contributed by atoms with Crippen LogP contribution >= 0.6 is 0 Å². The Labute approximate surface area is 257 Å². The quantitative estimate of drug-likeness (QED) is 0.200. The maximum atomic E-state index is 6.43. The molecule has 0 saturated heterocycles. The normalized spacial score (nSPS) is 11.2. The Morgan fingerprint density at radius 1 is 0.364 bits per heavy atom.